The Hall–Kier alpha value is -1.64. The highest BCUT2D eigenvalue weighted by atomic mass is 16.6. The van der Waals surface area contributed by atoms with Gasteiger partial charge in [0.25, 0.3) is 0 Å². The number of carbonyl (C=O) groups is 1. The summed E-state index contributed by atoms with van der Waals surface area (Å²) in [5, 5.41) is 3.69. The maximum absolute atomic E-state index is 11.6. The molecule has 3 nitrogen and oxygen atoms in total. The summed E-state index contributed by atoms with van der Waals surface area (Å²) in [7, 11) is 1.47. The van der Waals surface area contributed by atoms with Crippen LogP contribution in [-0.2, 0) is 4.84 Å². The van der Waals surface area contributed by atoms with E-state index in [4.69, 9.17) is 0 Å². The van der Waals surface area contributed by atoms with E-state index in [0.717, 1.165) is 0 Å². The summed E-state index contributed by atoms with van der Waals surface area (Å²) in [6.45, 7) is 1.77. The van der Waals surface area contributed by atoms with Crippen molar-refractivity contribution < 1.29 is 9.63 Å². The highest BCUT2D eigenvalue weighted by molar-refractivity contribution is 6.08. The van der Waals surface area contributed by atoms with Gasteiger partial charge in [-0.25, -0.2) is 0 Å². The van der Waals surface area contributed by atoms with E-state index in [1.807, 2.05) is 18.2 Å². The van der Waals surface area contributed by atoms with Gasteiger partial charge in [-0.15, -0.1) is 0 Å². The Labute approximate surface area is 83.4 Å². The van der Waals surface area contributed by atoms with Crippen molar-refractivity contribution >= 4 is 11.5 Å². The van der Waals surface area contributed by atoms with Crippen LogP contribution in [0.2, 0.25) is 0 Å². The summed E-state index contributed by atoms with van der Waals surface area (Å²) >= 11 is 0. The fourth-order valence-electron chi connectivity index (χ4n) is 1.15. The maximum atomic E-state index is 11.6. The lowest BCUT2D eigenvalue weighted by atomic mass is 10.1. The molecule has 0 amide bonds. The van der Waals surface area contributed by atoms with Crippen LogP contribution >= 0.6 is 0 Å². The minimum Gasteiger partial charge on any atom is -0.399 e. The normalized spacial score (nSPS) is 11.1. The van der Waals surface area contributed by atoms with Crippen LogP contribution in [0.15, 0.2) is 35.5 Å². The van der Waals surface area contributed by atoms with Crippen LogP contribution in [0.5, 0.6) is 0 Å². The molecular weight excluding hydrogens is 178 g/mol. The summed E-state index contributed by atoms with van der Waals surface area (Å²) in [5.74, 6) is 0.0592. The van der Waals surface area contributed by atoms with E-state index in [2.05, 4.69) is 9.99 Å². The molecule has 0 heterocycles. The van der Waals surface area contributed by atoms with Gasteiger partial charge in [0.1, 0.15) is 7.11 Å². The lowest BCUT2D eigenvalue weighted by Crippen LogP contribution is -2.05. The largest absolute Gasteiger partial charge is 0.399 e. The Morgan fingerprint density at radius 2 is 2.00 bits per heavy atom. The summed E-state index contributed by atoms with van der Waals surface area (Å²) in [6, 6.07) is 9.16. The average molecular weight is 191 g/mol. The number of rotatable bonds is 4. The number of ketones is 1. The van der Waals surface area contributed by atoms with Crippen molar-refractivity contribution in [2.45, 2.75) is 13.3 Å². The van der Waals surface area contributed by atoms with Crippen molar-refractivity contribution in [3.8, 4) is 0 Å². The second-order valence-electron chi connectivity index (χ2n) is 2.98. The highest BCUT2D eigenvalue weighted by Gasteiger charge is 2.06. The maximum Gasteiger partial charge on any atom is 0.168 e. The summed E-state index contributed by atoms with van der Waals surface area (Å²) in [6.07, 6.45) is 0.303. The van der Waals surface area contributed by atoms with E-state index in [9.17, 15) is 4.79 Å². The summed E-state index contributed by atoms with van der Waals surface area (Å²) in [5.41, 5.74) is 1.39. The van der Waals surface area contributed by atoms with Crippen LogP contribution in [0.4, 0.5) is 0 Å². The van der Waals surface area contributed by atoms with Gasteiger partial charge in [0.15, 0.2) is 5.78 Å². The van der Waals surface area contributed by atoms with Crippen molar-refractivity contribution in [1.29, 1.82) is 0 Å². The number of hydrogen-bond donors (Lipinski definition) is 0. The van der Waals surface area contributed by atoms with Crippen LogP contribution in [0.3, 0.4) is 0 Å². The molecule has 3 heteroatoms. The van der Waals surface area contributed by atoms with Crippen molar-refractivity contribution in [3.63, 3.8) is 0 Å². The van der Waals surface area contributed by atoms with Gasteiger partial charge in [0.05, 0.1) is 12.1 Å². The molecule has 0 bridgehead atoms. The molecule has 0 spiro atoms. The molecule has 0 N–H and O–H groups in total. The third kappa shape index (κ3) is 3.01. The standard InChI is InChI=1S/C11H13NO2/c1-9(12-14-2)8-11(13)10-6-4-3-5-7-10/h3-7H,8H2,1-2H3/b12-9+. The van der Waals surface area contributed by atoms with Gasteiger partial charge in [-0.1, -0.05) is 35.5 Å². The fourth-order valence-corrected chi connectivity index (χ4v) is 1.15. The van der Waals surface area contributed by atoms with Gasteiger partial charge >= 0.3 is 0 Å². The first-order valence-electron chi connectivity index (χ1n) is 4.39. The quantitative estimate of drug-likeness (QED) is 0.416. The van der Waals surface area contributed by atoms with Crippen LogP contribution < -0.4 is 0 Å². The Morgan fingerprint density at radius 3 is 2.57 bits per heavy atom. The molecule has 74 valence electrons. The molecule has 14 heavy (non-hydrogen) atoms. The number of carbonyl (C=O) groups excluding carboxylic acids is 1. The van der Waals surface area contributed by atoms with Gasteiger partial charge in [-0.2, -0.15) is 0 Å². The smallest absolute Gasteiger partial charge is 0.168 e. The zero-order valence-corrected chi connectivity index (χ0v) is 8.36. The number of benzene rings is 1. The zero-order chi connectivity index (χ0) is 10.4. The molecule has 0 saturated carbocycles. The Morgan fingerprint density at radius 1 is 1.36 bits per heavy atom. The lowest BCUT2D eigenvalue weighted by molar-refractivity contribution is 0.0998. The van der Waals surface area contributed by atoms with Gasteiger partial charge in [0, 0.05) is 5.56 Å². The van der Waals surface area contributed by atoms with E-state index in [1.165, 1.54) is 7.11 Å². The predicted octanol–water partition coefficient (Wildman–Crippen LogP) is 2.28. The Bertz CT molecular complexity index is 330. The first-order chi connectivity index (χ1) is 6.74. The molecule has 1 aromatic rings. The van der Waals surface area contributed by atoms with E-state index in [-0.39, 0.29) is 5.78 Å². The number of Topliss-reactive ketones (excluding diaryl/α,β-unsaturated/α-hetero) is 1. The molecule has 0 atom stereocenters. The third-order valence-corrected chi connectivity index (χ3v) is 1.76. The van der Waals surface area contributed by atoms with E-state index in [1.54, 1.807) is 19.1 Å². The number of nitrogens with zero attached hydrogens (tertiary/aromatic N) is 1. The van der Waals surface area contributed by atoms with Crippen molar-refractivity contribution in [3.05, 3.63) is 35.9 Å². The van der Waals surface area contributed by atoms with Gasteiger partial charge in [-0.3, -0.25) is 4.79 Å². The van der Waals surface area contributed by atoms with Crippen LogP contribution in [0, 0.1) is 0 Å². The second-order valence-corrected chi connectivity index (χ2v) is 2.98. The van der Waals surface area contributed by atoms with E-state index >= 15 is 0 Å². The van der Waals surface area contributed by atoms with Crippen molar-refractivity contribution in [2.24, 2.45) is 5.16 Å². The SMILES string of the molecule is CO/N=C(\C)CC(=O)c1ccccc1. The summed E-state index contributed by atoms with van der Waals surface area (Å²) in [4.78, 5) is 16.2. The topological polar surface area (TPSA) is 38.7 Å². The molecule has 1 rings (SSSR count). The van der Waals surface area contributed by atoms with E-state index < -0.39 is 0 Å². The molecular formula is C11H13NO2. The van der Waals surface area contributed by atoms with E-state index in [0.29, 0.717) is 17.7 Å². The molecule has 0 radical (unpaired) electrons. The predicted molar refractivity (Wildman–Crippen MR) is 55.5 cm³/mol. The lowest BCUT2D eigenvalue weighted by Gasteiger charge is -1.99. The zero-order valence-electron chi connectivity index (χ0n) is 8.36. The van der Waals surface area contributed by atoms with Crippen molar-refractivity contribution in [1.82, 2.24) is 0 Å². The van der Waals surface area contributed by atoms with Gasteiger partial charge in [0.2, 0.25) is 0 Å². The first kappa shape index (κ1) is 10.4. The van der Waals surface area contributed by atoms with Crippen LogP contribution in [0.1, 0.15) is 23.7 Å². The minimum atomic E-state index is 0.0592. The number of oxime groups is 1. The Kier molecular flexibility index (Phi) is 3.85. The fraction of sp³-hybridized carbons (Fsp3) is 0.273. The molecule has 0 saturated heterocycles. The van der Waals surface area contributed by atoms with Crippen LogP contribution in [0.25, 0.3) is 0 Å². The monoisotopic (exact) mass is 191 g/mol. The molecule has 0 fully saturated rings. The minimum absolute atomic E-state index is 0.0592. The molecule has 0 aliphatic heterocycles. The van der Waals surface area contributed by atoms with Crippen LogP contribution in [-0.4, -0.2) is 18.6 Å². The van der Waals surface area contributed by atoms with Crippen molar-refractivity contribution in [2.75, 3.05) is 7.11 Å². The van der Waals surface area contributed by atoms with Gasteiger partial charge in [-0.05, 0) is 6.92 Å². The molecule has 0 aromatic heterocycles. The molecule has 0 aliphatic rings. The molecule has 1 aromatic carbocycles. The average Bonchev–Trinajstić information content (AvgIpc) is 2.19. The Balaban J connectivity index is 2.64. The number of hydrogen-bond acceptors (Lipinski definition) is 3. The third-order valence-electron chi connectivity index (χ3n) is 1.76. The highest BCUT2D eigenvalue weighted by Crippen LogP contribution is 2.03. The first-order valence-corrected chi connectivity index (χ1v) is 4.39. The summed E-state index contributed by atoms with van der Waals surface area (Å²) < 4.78 is 0. The molecule has 0 aliphatic carbocycles. The van der Waals surface area contributed by atoms with Gasteiger partial charge < -0.3 is 4.84 Å². The molecule has 0 unspecified atom stereocenters. The second kappa shape index (κ2) is 5.17.